The van der Waals surface area contributed by atoms with E-state index in [1.807, 2.05) is 29.0 Å². The molecule has 3 aromatic rings. The summed E-state index contributed by atoms with van der Waals surface area (Å²) in [5, 5.41) is 3.91. The molecule has 1 heterocycles. The molecule has 0 saturated heterocycles. The molecule has 31 heavy (non-hydrogen) atoms. The SMILES string of the molecule is CC(C)c1ccccc1-n1ccnc1SCC(=O)N(C)CC(=O)Nc1ccccc1Cl. The number of likely N-dealkylation sites (N-methyl/N-ethyl adjacent to an activating group) is 1. The molecule has 0 fully saturated rings. The van der Waals surface area contributed by atoms with E-state index in [4.69, 9.17) is 11.6 Å². The number of imidazole rings is 1. The lowest BCUT2D eigenvalue weighted by atomic mass is 10.0. The number of hydrogen-bond donors (Lipinski definition) is 1. The van der Waals surface area contributed by atoms with Crippen LogP contribution in [-0.2, 0) is 9.59 Å². The third-order valence-corrected chi connectivity index (χ3v) is 5.99. The molecular formula is C23H25ClN4O2S. The van der Waals surface area contributed by atoms with Gasteiger partial charge in [-0.1, -0.05) is 67.5 Å². The Morgan fingerprint density at radius 2 is 1.87 bits per heavy atom. The number of nitrogens with zero attached hydrogens (tertiary/aromatic N) is 3. The zero-order valence-corrected chi connectivity index (χ0v) is 19.3. The number of carbonyl (C=O) groups excluding carboxylic acids is 2. The van der Waals surface area contributed by atoms with Crippen LogP contribution in [0, 0.1) is 0 Å². The second-order valence-corrected chi connectivity index (χ2v) is 8.71. The number of aromatic nitrogens is 2. The summed E-state index contributed by atoms with van der Waals surface area (Å²) in [4.78, 5) is 30.7. The summed E-state index contributed by atoms with van der Waals surface area (Å²) in [5.74, 6) is 0.0738. The molecule has 0 unspecified atom stereocenters. The first-order valence-corrected chi connectivity index (χ1v) is 11.3. The number of nitrogens with one attached hydrogen (secondary N) is 1. The molecule has 0 atom stereocenters. The first-order valence-electron chi connectivity index (χ1n) is 9.90. The van der Waals surface area contributed by atoms with Gasteiger partial charge < -0.3 is 10.2 Å². The van der Waals surface area contributed by atoms with Crippen molar-refractivity contribution in [1.82, 2.24) is 14.5 Å². The highest BCUT2D eigenvalue weighted by molar-refractivity contribution is 7.99. The van der Waals surface area contributed by atoms with Crippen molar-refractivity contribution < 1.29 is 9.59 Å². The topological polar surface area (TPSA) is 67.2 Å². The molecule has 1 aromatic heterocycles. The van der Waals surface area contributed by atoms with Gasteiger partial charge in [-0.15, -0.1) is 0 Å². The maximum Gasteiger partial charge on any atom is 0.244 e. The Balaban J connectivity index is 1.60. The number of anilines is 1. The fourth-order valence-corrected chi connectivity index (χ4v) is 4.16. The predicted octanol–water partition coefficient (Wildman–Crippen LogP) is 4.84. The minimum atomic E-state index is -0.304. The van der Waals surface area contributed by atoms with Gasteiger partial charge in [0.2, 0.25) is 11.8 Å². The average Bonchev–Trinajstić information content (AvgIpc) is 3.22. The van der Waals surface area contributed by atoms with Gasteiger partial charge in [0.05, 0.1) is 28.7 Å². The van der Waals surface area contributed by atoms with Crippen molar-refractivity contribution in [1.29, 1.82) is 0 Å². The molecule has 3 rings (SSSR count). The maximum atomic E-state index is 12.6. The van der Waals surface area contributed by atoms with Crippen molar-refractivity contribution >= 4 is 40.9 Å². The van der Waals surface area contributed by atoms with E-state index in [2.05, 4.69) is 30.2 Å². The quantitative estimate of drug-likeness (QED) is 0.492. The van der Waals surface area contributed by atoms with Crippen LogP contribution in [0.2, 0.25) is 5.02 Å². The van der Waals surface area contributed by atoms with Gasteiger partial charge >= 0.3 is 0 Å². The predicted molar refractivity (Wildman–Crippen MR) is 126 cm³/mol. The molecular weight excluding hydrogens is 432 g/mol. The summed E-state index contributed by atoms with van der Waals surface area (Å²) < 4.78 is 2.00. The highest BCUT2D eigenvalue weighted by atomic mass is 35.5. The van der Waals surface area contributed by atoms with Crippen molar-refractivity contribution in [3.8, 4) is 5.69 Å². The molecule has 2 aromatic carbocycles. The van der Waals surface area contributed by atoms with Gasteiger partial charge in [-0.25, -0.2) is 4.98 Å². The van der Waals surface area contributed by atoms with E-state index in [9.17, 15) is 9.59 Å². The van der Waals surface area contributed by atoms with E-state index in [1.165, 1.54) is 22.2 Å². The van der Waals surface area contributed by atoms with Gasteiger partial charge in [-0.3, -0.25) is 14.2 Å². The number of thioether (sulfide) groups is 1. The lowest BCUT2D eigenvalue weighted by molar-refractivity contribution is -0.131. The molecule has 0 radical (unpaired) electrons. The minimum Gasteiger partial charge on any atom is -0.336 e. The van der Waals surface area contributed by atoms with Gasteiger partial charge in [0.15, 0.2) is 5.16 Å². The molecule has 0 bridgehead atoms. The Morgan fingerprint density at radius 1 is 1.16 bits per heavy atom. The Hall–Kier alpha value is -2.77. The number of carbonyl (C=O) groups is 2. The normalized spacial score (nSPS) is 10.9. The molecule has 1 N–H and O–H groups in total. The summed E-state index contributed by atoms with van der Waals surface area (Å²) in [6, 6.07) is 15.1. The van der Waals surface area contributed by atoms with E-state index >= 15 is 0 Å². The molecule has 0 spiro atoms. The van der Waals surface area contributed by atoms with Gasteiger partial charge in [0, 0.05) is 19.4 Å². The van der Waals surface area contributed by atoms with Crippen LogP contribution in [0.4, 0.5) is 5.69 Å². The van der Waals surface area contributed by atoms with Gasteiger partial charge in [-0.2, -0.15) is 0 Å². The number of amides is 2. The van der Waals surface area contributed by atoms with E-state index in [-0.39, 0.29) is 24.1 Å². The van der Waals surface area contributed by atoms with E-state index in [0.717, 1.165) is 10.8 Å². The Bertz CT molecular complexity index is 1070. The number of rotatable bonds is 8. The zero-order valence-electron chi connectivity index (χ0n) is 17.7. The smallest absolute Gasteiger partial charge is 0.244 e. The second kappa shape index (κ2) is 10.5. The largest absolute Gasteiger partial charge is 0.336 e. The molecule has 0 aliphatic carbocycles. The van der Waals surface area contributed by atoms with Crippen molar-refractivity contribution in [2.45, 2.75) is 24.9 Å². The molecule has 6 nitrogen and oxygen atoms in total. The average molecular weight is 457 g/mol. The second-order valence-electron chi connectivity index (χ2n) is 7.36. The Kier molecular flexibility index (Phi) is 7.76. The van der Waals surface area contributed by atoms with Crippen LogP contribution >= 0.6 is 23.4 Å². The fraction of sp³-hybridized carbons (Fsp3) is 0.261. The number of hydrogen-bond acceptors (Lipinski definition) is 4. The van der Waals surface area contributed by atoms with Crippen molar-refractivity contribution in [2.24, 2.45) is 0 Å². The third kappa shape index (κ3) is 5.89. The standard InChI is InChI=1S/C23H25ClN4O2S/c1-16(2)17-8-4-7-11-20(17)28-13-12-25-23(28)31-15-22(30)27(3)14-21(29)26-19-10-6-5-9-18(19)24/h4-13,16H,14-15H2,1-3H3,(H,26,29). The highest BCUT2D eigenvalue weighted by Gasteiger charge is 2.17. The van der Waals surface area contributed by atoms with Crippen LogP contribution in [0.5, 0.6) is 0 Å². The lowest BCUT2D eigenvalue weighted by Gasteiger charge is -2.18. The monoisotopic (exact) mass is 456 g/mol. The first kappa shape index (κ1) is 22.9. The van der Waals surface area contributed by atoms with Gasteiger partial charge in [0.1, 0.15) is 0 Å². The summed E-state index contributed by atoms with van der Waals surface area (Å²) in [5.41, 5.74) is 2.79. The molecule has 0 aliphatic heterocycles. The summed E-state index contributed by atoms with van der Waals surface area (Å²) >= 11 is 7.41. The third-order valence-electron chi connectivity index (χ3n) is 4.70. The molecule has 2 amide bonds. The number of benzene rings is 2. The molecule has 0 aliphatic rings. The van der Waals surface area contributed by atoms with Crippen molar-refractivity contribution in [3.05, 3.63) is 71.5 Å². The molecule has 8 heteroatoms. The van der Waals surface area contributed by atoms with Crippen LogP contribution in [-0.4, -0.2) is 45.6 Å². The van der Waals surface area contributed by atoms with Crippen LogP contribution in [0.25, 0.3) is 5.69 Å². The minimum absolute atomic E-state index is 0.0603. The lowest BCUT2D eigenvalue weighted by Crippen LogP contribution is -2.36. The van der Waals surface area contributed by atoms with Crippen LogP contribution in [0.1, 0.15) is 25.3 Å². The van der Waals surface area contributed by atoms with Crippen molar-refractivity contribution in [2.75, 3.05) is 24.7 Å². The maximum absolute atomic E-state index is 12.6. The van der Waals surface area contributed by atoms with Gasteiger partial charge in [0.25, 0.3) is 0 Å². The summed E-state index contributed by atoms with van der Waals surface area (Å²) in [6.45, 7) is 4.23. The van der Waals surface area contributed by atoms with E-state index in [1.54, 1.807) is 37.5 Å². The number of para-hydroxylation sites is 2. The van der Waals surface area contributed by atoms with Crippen LogP contribution in [0.15, 0.2) is 66.1 Å². The molecule has 0 saturated carbocycles. The van der Waals surface area contributed by atoms with Crippen LogP contribution in [0.3, 0.4) is 0 Å². The zero-order chi connectivity index (χ0) is 22.4. The fourth-order valence-electron chi connectivity index (χ4n) is 3.07. The van der Waals surface area contributed by atoms with E-state index < -0.39 is 0 Å². The highest BCUT2D eigenvalue weighted by Crippen LogP contribution is 2.27. The first-order chi connectivity index (χ1) is 14.9. The molecule has 162 valence electrons. The van der Waals surface area contributed by atoms with E-state index in [0.29, 0.717) is 16.6 Å². The number of halogens is 1. The summed E-state index contributed by atoms with van der Waals surface area (Å²) in [6.07, 6.45) is 3.62. The van der Waals surface area contributed by atoms with Crippen LogP contribution < -0.4 is 5.32 Å². The Labute approximate surface area is 191 Å². The summed E-state index contributed by atoms with van der Waals surface area (Å²) in [7, 11) is 1.61. The van der Waals surface area contributed by atoms with Gasteiger partial charge in [-0.05, 0) is 29.7 Å². The Morgan fingerprint density at radius 3 is 2.61 bits per heavy atom. The van der Waals surface area contributed by atoms with Crippen molar-refractivity contribution in [3.63, 3.8) is 0 Å².